The van der Waals surface area contributed by atoms with Gasteiger partial charge < -0.3 is 14.6 Å². The molecule has 0 saturated carbocycles. The average molecular weight is 267 g/mol. The molecule has 0 spiro atoms. The minimum Gasteiger partial charge on any atom is -0.480 e. The van der Waals surface area contributed by atoms with Gasteiger partial charge in [0.2, 0.25) is 10.0 Å². The Bertz CT molecular complexity index is 373. The number of carboxylic acids is 1. The van der Waals surface area contributed by atoms with E-state index in [1.165, 1.54) is 7.11 Å². The van der Waals surface area contributed by atoms with Gasteiger partial charge in [0.15, 0.2) is 5.25 Å². The van der Waals surface area contributed by atoms with E-state index in [1.807, 2.05) is 0 Å². The number of rotatable bonds is 6. The Morgan fingerprint density at radius 1 is 1.65 bits per heavy atom. The van der Waals surface area contributed by atoms with Crippen LogP contribution in [0.25, 0.3) is 0 Å². The van der Waals surface area contributed by atoms with Crippen molar-refractivity contribution in [3.8, 4) is 0 Å². The van der Waals surface area contributed by atoms with E-state index in [1.54, 1.807) is 0 Å². The van der Waals surface area contributed by atoms with Gasteiger partial charge in [-0.1, -0.05) is 0 Å². The van der Waals surface area contributed by atoms with Crippen LogP contribution in [0, 0.1) is 0 Å². The molecule has 0 aromatic heterocycles. The Labute approximate surface area is 100 Å². The molecule has 0 bridgehead atoms. The molecule has 1 aliphatic rings. The van der Waals surface area contributed by atoms with Gasteiger partial charge in [0.25, 0.3) is 0 Å². The summed E-state index contributed by atoms with van der Waals surface area (Å²) in [5, 5.41) is 7.17. The third kappa shape index (κ3) is 3.38. The smallest absolute Gasteiger partial charge is 0.323 e. The van der Waals surface area contributed by atoms with Crippen LogP contribution in [0.5, 0.6) is 0 Å². The minimum atomic E-state index is -3.88. The predicted molar refractivity (Wildman–Crippen MR) is 59.2 cm³/mol. The number of hydrogen-bond donors (Lipinski definition) is 2. The topological polar surface area (TPSA) is 102 Å². The summed E-state index contributed by atoms with van der Waals surface area (Å²) in [6, 6.07) is 0. The molecule has 2 unspecified atom stereocenters. The van der Waals surface area contributed by atoms with Gasteiger partial charge in [0, 0.05) is 26.7 Å². The van der Waals surface area contributed by atoms with Gasteiger partial charge in [0.1, 0.15) is 5.60 Å². The Balaban J connectivity index is 2.63. The molecule has 1 rings (SSSR count). The summed E-state index contributed by atoms with van der Waals surface area (Å²) >= 11 is 0. The lowest BCUT2D eigenvalue weighted by atomic mass is 10.0. The van der Waals surface area contributed by atoms with Crippen LogP contribution in [0.3, 0.4) is 0 Å². The molecule has 2 atom stereocenters. The number of carboxylic acid groups (broad SMARTS) is 1. The molecule has 8 heteroatoms. The van der Waals surface area contributed by atoms with Crippen LogP contribution in [0.4, 0.5) is 0 Å². The Hall–Kier alpha value is -0.700. The summed E-state index contributed by atoms with van der Waals surface area (Å²) in [4.78, 5) is 10.6. The molecule has 1 heterocycles. The van der Waals surface area contributed by atoms with Crippen LogP contribution >= 0.6 is 0 Å². The lowest BCUT2D eigenvalue weighted by Crippen LogP contribution is -2.48. The van der Waals surface area contributed by atoms with Gasteiger partial charge in [0.05, 0.1) is 6.61 Å². The number of aliphatic carboxylic acids is 1. The van der Waals surface area contributed by atoms with Gasteiger partial charge in [-0.3, -0.25) is 4.79 Å². The van der Waals surface area contributed by atoms with E-state index in [9.17, 15) is 13.2 Å². The highest BCUT2D eigenvalue weighted by Crippen LogP contribution is 2.21. The standard InChI is InChI=1S/C9H17NO6S/c1-7(8(11)12)17(13,14)10-5-9(15-2)3-4-16-6-9/h7,10H,3-6H2,1-2H3,(H,11,12). The molecule has 2 N–H and O–H groups in total. The first-order valence-corrected chi connectivity index (χ1v) is 6.72. The van der Waals surface area contributed by atoms with E-state index in [2.05, 4.69) is 4.72 Å². The first-order chi connectivity index (χ1) is 7.83. The van der Waals surface area contributed by atoms with Crippen molar-refractivity contribution in [2.45, 2.75) is 24.2 Å². The van der Waals surface area contributed by atoms with E-state index in [-0.39, 0.29) is 6.54 Å². The van der Waals surface area contributed by atoms with E-state index in [0.717, 1.165) is 6.92 Å². The van der Waals surface area contributed by atoms with Gasteiger partial charge in [-0.05, 0) is 6.92 Å². The van der Waals surface area contributed by atoms with Crippen LogP contribution in [0.1, 0.15) is 13.3 Å². The second-order valence-electron chi connectivity index (χ2n) is 4.04. The molecule has 1 aliphatic heterocycles. The number of methoxy groups -OCH3 is 1. The van der Waals surface area contributed by atoms with Gasteiger partial charge in [-0.2, -0.15) is 0 Å². The van der Waals surface area contributed by atoms with Crippen molar-refractivity contribution >= 4 is 16.0 Å². The molecule has 0 aromatic rings. The van der Waals surface area contributed by atoms with Crippen molar-refractivity contribution in [1.29, 1.82) is 0 Å². The monoisotopic (exact) mass is 267 g/mol. The summed E-state index contributed by atoms with van der Waals surface area (Å²) in [6.45, 7) is 1.94. The van der Waals surface area contributed by atoms with E-state index < -0.39 is 26.8 Å². The first kappa shape index (κ1) is 14.4. The fraction of sp³-hybridized carbons (Fsp3) is 0.889. The maximum absolute atomic E-state index is 11.6. The van der Waals surface area contributed by atoms with E-state index in [0.29, 0.717) is 19.6 Å². The maximum atomic E-state index is 11.6. The first-order valence-electron chi connectivity index (χ1n) is 5.17. The van der Waals surface area contributed by atoms with Crippen molar-refractivity contribution in [3.05, 3.63) is 0 Å². The van der Waals surface area contributed by atoms with Crippen molar-refractivity contribution in [1.82, 2.24) is 4.72 Å². The van der Waals surface area contributed by atoms with Crippen molar-refractivity contribution in [3.63, 3.8) is 0 Å². The zero-order valence-corrected chi connectivity index (χ0v) is 10.6. The van der Waals surface area contributed by atoms with Crippen molar-refractivity contribution in [2.75, 3.05) is 26.9 Å². The van der Waals surface area contributed by atoms with Crippen LogP contribution in [0.2, 0.25) is 0 Å². The summed E-state index contributed by atoms with van der Waals surface area (Å²) in [6.07, 6.45) is 0.577. The predicted octanol–water partition coefficient (Wildman–Crippen LogP) is -0.816. The SMILES string of the molecule is COC1(CNS(=O)(=O)C(C)C(=O)O)CCOC1. The summed E-state index contributed by atoms with van der Waals surface area (Å²) < 4.78 is 35.8. The third-order valence-electron chi connectivity index (χ3n) is 2.91. The molecule has 17 heavy (non-hydrogen) atoms. The molecule has 0 aliphatic carbocycles. The molecular weight excluding hydrogens is 250 g/mol. The maximum Gasteiger partial charge on any atom is 0.323 e. The normalized spacial score (nSPS) is 26.9. The van der Waals surface area contributed by atoms with Crippen LogP contribution in [-0.2, 0) is 24.3 Å². The highest BCUT2D eigenvalue weighted by Gasteiger charge is 2.37. The number of carbonyl (C=O) groups is 1. The molecule has 1 saturated heterocycles. The number of sulfonamides is 1. The van der Waals surface area contributed by atoms with Crippen LogP contribution in [-0.4, -0.2) is 57.2 Å². The van der Waals surface area contributed by atoms with Gasteiger partial charge in [-0.15, -0.1) is 0 Å². The van der Waals surface area contributed by atoms with Crippen LogP contribution in [0.15, 0.2) is 0 Å². The molecule has 7 nitrogen and oxygen atoms in total. The van der Waals surface area contributed by atoms with Crippen LogP contribution < -0.4 is 4.72 Å². The second-order valence-corrected chi connectivity index (χ2v) is 6.12. The molecule has 0 radical (unpaired) electrons. The summed E-state index contributed by atoms with van der Waals surface area (Å²) in [5.41, 5.74) is -0.689. The molecule has 0 amide bonds. The molecule has 100 valence electrons. The number of ether oxygens (including phenoxy) is 2. The second kappa shape index (κ2) is 5.30. The third-order valence-corrected chi connectivity index (χ3v) is 4.59. The fourth-order valence-corrected chi connectivity index (χ4v) is 2.43. The highest BCUT2D eigenvalue weighted by atomic mass is 32.2. The Morgan fingerprint density at radius 3 is 2.71 bits per heavy atom. The van der Waals surface area contributed by atoms with Gasteiger partial charge >= 0.3 is 5.97 Å². The van der Waals surface area contributed by atoms with Crippen molar-refractivity contribution < 1.29 is 27.8 Å². The Morgan fingerprint density at radius 2 is 2.29 bits per heavy atom. The Kier molecular flexibility index (Phi) is 4.48. The van der Waals surface area contributed by atoms with Gasteiger partial charge in [-0.25, -0.2) is 13.1 Å². The average Bonchev–Trinajstić information content (AvgIpc) is 2.75. The molecular formula is C9H17NO6S. The lowest BCUT2D eigenvalue weighted by Gasteiger charge is -2.26. The highest BCUT2D eigenvalue weighted by molar-refractivity contribution is 7.90. The number of hydrogen-bond acceptors (Lipinski definition) is 5. The quantitative estimate of drug-likeness (QED) is 0.652. The zero-order valence-electron chi connectivity index (χ0n) is 9.80. The molecule has 0 aromatic carbocycles. The van der Waals surface area contributed by atoms with E-state index in [4.69, 9.17) is 14.6 Å². The summed E-state index contributed by atoms with van der Waals surface area (Å²) in [5.74, 6) is -1.38. The largest absolute Gasteiger partial charge is 0.480 e. The van der Waals surface area contributed by atoms with E-state index >= 15 is 0 Å². The zero-order chi connectivity index (χ0) is 13.1. The van der Waals surface area contributed by atoms with Crippen molar-refractivity contribution in [2.24, 2.45) is 0 Å². The summed E-state index contributed by atoms with van der Waals surface area (Å²) in [7, 11) is -2.40. The lowest BCUT2D eigenvalue weighted by molar-refractivity contribution is -0.136. The minimum absolute atomic E-state index is 0.0173. The fourth-order valence-electron chi connectivity index (χ4n) is 1.45. The number of nitrogens with one attached hydrogen (secondary N) is 1. The molecule has 1 fully saturated rings.